The minimum Gasteiger partial charge on any atom is -0.322 e. The van der Waals surface area contributed by atoms with Gasteiger partial charge in [0.1, 0.15) is 0 Å². The molecule has 0 aliphatic rings. The van der Waals surface area contributed by atoms with Crippen molar-refractivity contribution in [3.05, 3.63) is 39.0 Å². The highest BCUT2D eigenvalue weighted by atomic mass is 32.1. The van der Waals surface area contributed by atoms with E-state index in [1.54, 1.807) is 22.7 Å². The number of thiophene rings is 1. The van der Waals surface area contributed by atoms with Crippen molar-refractivity contribution in [2.45, 2.75) is 12.5 Å². The molecule has 0 saturated heterocycles. The van der Waals surface area contributed by atoms with Gasteiger partial charge >= 0.3 is 0 Å². The molecule has 2 heterocycles. The smallest absolute Gasteiger partial charge is 0.0795 e. The second-order valence-corrected chi connectivity index (χ2v) is 4.35. The summed E-state index contributed by atoms with van der Waals surface area (Å²) in [6, 6.07) is 2.15. The lowest BCUT2D eigenvalue weighted by molar-refractivity contribution is 0.703. The Hall–Kier alpha value is -0.710. The van der Waals surface area contributed by atoms with Gasteiger partial charge in [0, 0.05) is 5.38 Å². The van der Waals surface area contributed by atoms with Gasteiger partial charge in [-0.15, -0.1) is 11.3 Å². The normalized spacial score (nSPS) is 13.0. The number of thiazole rings is 1. The highest BCUT2D eigenvalue weighted by Crippen LogP contribution is 2.17. The van der Waals surface area contributed by atoms with Crippen molar-refractivity contribution in [1.82, 2.24) is 4.98 Å². The van der Waals surface area contributed by atoms with E-state index in [9.17, 15) is 0 Å². The first-order chi connectivity index (χ1) is 6.36. The summed E-state index contributed by atoms with van der Waals surface area (Å²) in [6.45, 7) is 0. The minimum atomic E-state index is 0.0425. The molecule has 0 radical (unpaired) electrons. The Balaban J connectivity index is 2.04. The SMILES string of the molecule is NC(Cc1ccsc1)c1cscn1. The predicted octanol–water partition coefficient (Wildman–Crippen LogP) is 2.45. The third-order valence-electron chi connectivity index (χ3n) is 1.87. The van der Waals surface area contributed by atoms with Crippen LogP contribution in [0.15, 0.2) is 27.7 Å². The van der Waals surface area contributed by atoms with Gasteiger partial charge in [0.25, 0.3) is 0 Å². The van der Waals surface area contributed by atoms with Crippen LogP contribution in [-0.2, 0) is 6.42 Å². The van der Waals surface area contributed by atoms with E-state index < -0.39 is 0 Å². The highest BCUT2D eigenvalue weighted by molar-refractivity contribution is 7.08. The summed E-state index contributed by atoms with van der Waals surface area (Å²) in [4.78, 5) is 4.19. The average Bonchev–Trinajstić information content (AvgIpc) is 2.74. The molecular weight excluding hydrogens is 200 g/mol. The molecule has 1 atom stereocenters. The summed E-state index contributed by atoms with van der Waals surface area (Å²) < 4.78 is 0. The van der Waals surface area contributed by atoms with E-state index in [0.717, 1.165) is 12.1 Å². The Bertz CT molecular complexity index is 340. The second kappa shape index (κ2) is 4.00. The van der Waals surface area contributed by atoms with Crippen LogP contribution in [0.5, 0.6) is 0 Å². The number of nitrogens with zero attached hydrogens (tertiary/aromatic N) is 1. The molecule has 0 aromatic carbocycles. The third kappa shape index (κ3) is 2.15. The molecular formula is C9H10N2S2. The van der Waals surface area contributed by atoms with Crippen molar-refractivity contribution in [2.75, 3.05) is 0 Å². The van der Waals surface area contributed by atoms with Gasteiger partial charge in [0.2, 0.25) is 0 Å². The number of rotatable bonds is 3. The summed E-state index contributed by atoms with van der Waals surface area (Å²) in [5.41, 5.74) is 10.1. The fourth-order valence-electron chi connectivity index (χ4n) is 1.17. The Kier molecular flexibility index (Phi) is 2.73. The number of hydrogen-bond acceptors (Lipinski definition) is 4. The monoisotopic (exact) mass is 210 g/mol. The number of nitrogens with two attached hydrogens (primary N) is 1. The molecule has 2 aromatic rings. The predicted molar refractivity (Wildman–Crippen MR) is 57.1 cm³/mol. The van der Waals surface area contributed by atoms with Gasteiger partial charge in [-0.05, 0) is 28.8 Å². The van der Waals surface area contributed by atoms with Crippen molar-refractivity contribution in [3.63, 3.8) is 0 Å². The first-order valence-corrected chi connectivity index (χ1v) is 5.89. The van der Waals surface area contributed by atoms with Crippen LogP contribution in [0.2, 0.25) is 0 Å². The number of hydrogen-bond donors (Lipinski definition) is 1. The van der Waals surface area contributed by atoms with Crippen LogP contribution in [-0.4, -0.2) is 4.98 Å². The van der Waals surface area contributed by atoms with Gasteiger partial charge < -0.3 is 5.73 Å². The van der Waals surface area contributed by atoms with Crippen molar-refractivity contribution < 1.29 is 0 Å². The van der Waals surface area contributed by atoms with Gasteiger partial charge in [-0.1, -0.05) is 0 Å². The topological polar surface area (TPSA) is 38.9 Å². The Morgan fingerprint density at radius 3 is 2.92 bits per heavy atom. The van der Waals surface area contributed by atoms with E-state index in [1.165, 1.54) is 5.56 Å². The summed E-state index contributed by atoms with van der Waals surface area (Å²) in [6.07, 6.45) is 0.882. The zero-order chi connectivity index (χ0) is 9.10. The largest absolute Gasteiger partial charge is 0.322 e. The molecule has 0 amide bonds. The lowest BCUT2D eigenvalue weighted by Crippen LogP contribution is -2.13. The van der Waals surface area contributed by atoms with Crippen LogP contribution >= 0.6 is 22.7 Å². The Morgan fingerprint density at radius 2 is 2.31 bits per heavy atom. The minimum absolute atomic E-state index is 0.0425. The lowest BCUT2D eigenvalue weighted by Gasteiger charge is -2.06. The van der Waals surface area contributed by atoms with E-state index >= 15 is 0 Å². The Morgan fingerprint density at radius 1 is 1.38 bits per heavy atom. The molecule has 68 valence electrons. The van der Waals surface area contributed by atoms with Crippen molar-refractivity contribution in [3.8, 4) is 0 Å². The maximum absolute atomic E-state index is 5.98. The second-order valence-electron chi connectivity index (χ2n) is 2.86. The van der Waals surface area contributed by atoms with Crippen molar-refractivity contribution in [2.24, 2.45) is 5.73 Å². The molecule has 4 heteroatoms. The molecule has 2 nitrogen and oxygen atoms in total. The van der Waals surface area contributed by atoms with Crippen LogP contribution in [0, 0.1) is 0 Å². The first-order valence-electron chi connectivity index (χ1n) is 4.01. The summed E-state index contributed by atoms with van der Waals surface area (Å²) >= 11 is 3.30. The molecule has 0 bridgehead atoms. The fraction of sp³-hybridized carbons (Fsp3) is 0.222. The molecule has 13 heavy (non-hydrogen) atoms. The van der Waals surface area contributed by atoms with E-state index in [2.05, 4.69) is 21.8 Å². The van der Waals surface area contributed by atoms with Gasteiger partial charge in [0.05, 0.1) is 17.2 Å². The Labute approximate surface area is 85.1 Å². The molecule has 0 spiro atoms. The van der Waals surface area contributed by atoms with Crippen LogP contribution < -0.4 is 5.73 Å². The van der Waals surface area contributed by atoms with Crippen molar-refractivity contribution >= 4 is 22.7 Å². The standard InChI is InChI=1S/C9H10N2S2/c10-8(9-5-13-6-11-9)3-7-1-2-12-4-7/h1-2,4-6,8H,3,10H2. The van der Waals surface area contributed by atoms with Gasteiger partial charge in [-0.25, -0.2) is 4.98 Å². The summed E-state index contributed by atoms with van der Waals surface area (Å²) in [7, 11) is 0. The van der Waals surface area contributed by atoms with E-state index in [-0.39, 0.29) is 6.04 Å². The summed E-state index contributed by atoms with van der Waals surface area (Å²) in [5, 5.41) is 6.21. The van der Waals surface area contributed by atoms with Crippen LogP contribution in [0.1, 0.15) is 17.3 Å². The quantitative estimate of drug-likeness (QED) is 0.845. The van der Waals surface area contributed by atoms with Crippen LogP contribution in [0.4, 0.5) is 0 Å². The molecule has 0 aliphatic heterocycles. The molecule has 0 fully saturated rings. The molecule has 1 unspecified atom stereocenters. The van der Waals surface area contributed by atoms with Crippen LogP contribution in [0.25, 0.3) is 0 Å². The van der Waals surface area contributed by atoms with E-state index in [4.69, 9.17) is 5.73 Å². The highest BCUT2D eigenvalue weighted by Gasteiger charge is 2.08. The van der Waals surface area contributed by atoms with Gasteiger partial charge in [-0.3, -0.25) is 0 Å². The molecule has 2 aromatic heterocycles. The van der Waals surface area contributed by atoms with Gasteiger partial charge in [0.15, 0.2) is 0 Å². The zero-order valence-electron chi connectivity index (χ0n) is 7.01. The maximum Gasteiger partial charge on any atom is 0.0795 e. The van der Waals surface area contributed by atoms with E-state index in [1.807, 2.05) is 10.9 Å². The fourth-order valence-corrected chi connectivity index (χ4v) is 2.47. The molecule has 0 aliphatic carbocycles. The maximum atomic E-state index is 5.98. The van der Waals surface area contributed by atoms with Crippen LogP contribution in [0.3, 0.4) is 0 Å². The molecule has 0 saturated carbocycles. The van der Waals surface area contributed by atoms with Gasteiger partial charge in [-0.2, -0.15) is 11.3 Å². The molecule has 2 N–H and O–H groups in total. The molecule has 2 rings (SSSR count). The lowest BCUT2D eigenvalue weighted by atomic mass is 10.1. The average molecular weight is 210 g/mol. The number of aromatic nitrogens is 1. The van der Waals surface area contributed by atoms with E-state index in [0.29, 0.717) is 0 Å². The first kappa shape index (κ1) is 8.87. The third-order valence-corrected chi connectivity index (χ3v) is 3.20. The summed E-state index contributed by atoms with van der Waals surface area (Å²) in [5.74, 6) is 0. The zero-order valence-corrected chi connectivity index (χ0v) is 8.65. The van der Waals surface area contributed by atoms with Crippen molar-refractivity contribution in [1.29, 1.82) is 0 Å².